The molecule has 0 saturated carbocycles. The summed E-state index contributed by atoms with van der Waals surface area (Å²) in [7, 11) is 1.49. The van der Waals surface area contributed by atoms with Gasteiger partial charge in [-0.2, -0.15) is 0 Å². The third-order valence-electron chi connectivity index (χ3n) is 4.61. The zero-order chi connectivity index (χ0) is 20.5. The molecule has 0 aliphatic carbocycles. The first-order valence-corrected chi connectivity index (χ1v) is 9.47. The number of aromatic nitrogens is 1. The van der Waals surface area contributed by atoms with E-state index in [2.05, 4.69) is 20.6 Å². The molecule has 1 aromatic heterocycles. The van der Waals surface area contributed by atoms with Crippen molar-refractivity contribution in [3.63, 3.8) is 0 Å². The van der Waals surface area contributed by atoms with E-state index in [1.165, 1.54) is 7.11 Å². The lowest BCUT2D eigenvalue weighted by Gasteiger charge is -2.14. The molecular formula is C22H24N4O3. The molecule has 0 radical (unpaired) electrons. The van der Waals surface area contributed by atoms with Gasteiger partial charge in [0, 0.05) is 43.8 Å². The number of hydrogen-bond acceptors (Lipinski definition) is 5. The SMILES string of the molecule is COc1ccc(C(=O)NCC2C=CC=NCC2)cc1C(=O)NCc1cccnc1. The minimum atomic E-state index is -0.316. The van der Waals surface area contributed by atoms with Crippen LogP contribution in [0.3, 0.4) is 0 Å². The average molecular weight is 392 g/mol. The first-order valence-electron chi connectivity index (χ1n) is 9.47. The molecule has 2 amide bonds. The summed E-state index contributed by atoms with van der Waals surface area (Å²) in [4.78, 5) is 33.5. The van der Waals surface area contributed by atoms with E-state index in [1.54, 1.807) is 36.8 Å². The average Bonchev–Trinajstić information content (AvgIpc) is 3.05. The summed E-state index contributed by atoms with van der Waals surface area (Å²) in [6.07, 6.45) is 9.98. The number of aliphatic imine (C=N–C) groups is 1. The third kappa shape index (κ3) is 5.75. The molecule has 1 aliphatic rings. The van der Waals surface area contributed by atoms with Crippen LogP contribution in [0.2, 0.25) is 0 Å². The highest BCUT2D eigenvalue weighted by atomic mass is 16.5. The lowest BCUT2D eigenvalue weighted by Crippen LogP contribution is -2.29. The number of amides is 2. The van der Waals surface area contributed by atoms with Gasteiger partial charge in [0.15, 0.2) is 0 Å². The van der Waals surface area contributed by atoms with E-state index in [0.29, 0.717) is 30.0 Å². The Labute approximate surface area is 169 Å². The van der Waals surface area contributed by atoms with E-state index < -0.39 is 0 Å². The molecule has 1 unspecified atom stereocenters. The second kappa shape index (κ2) is 10.2. The monoisotopic (exact) mass is 392 g/mol. The summed E-state index contributed by atoms with van der Waals surface area (Å²) in [5.74, 6) is 0.104. The van der Waals surface area contributed by atoms with Crippen LogP contribution in [-0.2, 0) is 6.54 Å². The van der Waals surface area contributed by atoms with Gasteiger partial charge in [-0.15, -0.1) is 0 Å². The largest absolute Gasteiger partial charge is 0.496 e. The fourth-order valence-electron chi connectivity index (χ4n) is 2.98. The molecule has 3 rings (SSSR count). The second-order valence-corrected chi connectivity index (χ2v) is 6.66. The van der Waals surface area contributed by atoms with Gasteiger partial charge in [0.25, 0.3) is 11.8 Å². The smallest absolute Gasteiger partial charge is 0.255 e. The Morgan fingerprint density at radius 3 is 2.90 bits per heavy atom. The van der Waals surface area contributed by atoms with Crippen molar-refractivity contribution < 1.29 is 14.3 Å². The van der Waals surface area contributed by atoms with Crippen LogP contribution < -0.4 is 15.4 Å². The zero-order valence-corrected chi connectivity index (χ0v) is 16.3. The Morgan fingerprint density at radius 1 is 1.21 bits per heavy atom. The van der Waals surface area contributed by atoms with Crippen LogP contribution in [0.15, 0.2) is 59.9 Å². The van der Waals surface area contributed by atoms with E-state index in [-0.39, 0.29) is 17.7 Å². The molecule has 7 heteroatoms. The van der Waals surface area contributed by atoms with Crippen molar-refractivity contribution in [3.05, 3.63) is 71.6 Å². The van der Waals surface area contributed by atoms with Gasteiger partial charge >= 0.3 is 0 Å². The molecule has 7 nitrogen and oxygen atoms in total. The highest BCUT2D eigenvalue weighted by Crippen LogP contribution is 2.20. The van der Waals surface area contributed by atoms with Crippen molar-refractivity contribution >= 4 is 18.0 Å². The van der Waals surface area contributed by atoms with Crippen molar-refractivity contribution in [2.24, 2.45) is 10.9 Å². The molecular weight excluding hydrogens is 368 g/mol. The highest BCUT2D eigenvalue weighted by molar-refractivity contribution is 6.01. The molecule has 0 saturated heterocycles. The van der Waals surface area contributed by atoms with E-state index in [1.807, 2.05) is 24.3 Å². The number of allylic oxidation sites excluding steroid dienone is 1. The number of rotatable bonds is 7. The van der Waals surface area contributed by atoms with E-state index >= 15 is 0 Å². The second-order valence-electron chi connectivity index (χ2n) is 6.66. The molecule has 0 bridgehead atoms. The Morgan fingerprint density at radius 2 is 2.10 bits per heavy atom. The van der Waals surface area contributed by atoms with Gasteiger partial charge in [-0.3, -0.25) is 19.6 Å². The van der Waals surface area contributed by atoms with Crippen molar-refractivity contribution in [1.82, 2.24) is 15.6 Å². The van der Waals surface area contributed by atoms with E-state index in [4.69, 9.17) is 4.74 Å². The quantitative estimate of drug-likeness (QED) is 0.757. The molecule has 0 spiro atoms. The zero-order valence-electron chi connectivity index (χ0n) is 16.3. The van der Waals surface area contributed by atoms with Crippen LogP contribution in [0.4, 0.5) is 0 Å². The summed E-state index contributed by atoms with van der Waals surface area (Å²) in [6.45, 7) is 1.60. The van der Waals surface area contributed by atoms with Crippen LogP contribution in [0.5, 0.6) is 5.75 Å². The molecule has 2 heterocycles. The first kappa shape index (κ1) is 20.3. The summed E-state index contributed by atoms with van der Waals surface area (Å²) in [5, 5.41) is 5.76. The fourth-order valence-corrected chi connectivity index (χ4v) is 2.98. The minimum absolute atomic E-state index is 0.229. The van der Waals surface area contributed by atoms with E-state index in [0.717, 1.165) is 18.5 Å². The number of carbonyl (C=O) groups is 2. The van der Waals surface area contributed by atoms with Gasteiger partial charge in [0.2, 0.25) is 0 Å². The predicted molar refractivity (Wildman–Crippen MR) is 111 cm³/mol. The Kier molecular flexibility index (Phi) is 7.10. The van der Waals surface area contributed by atoms with Crippen LogP contribution in [0.25, 0.3) is 0 Å². The van der Waals surface area contributed by atoms with Crippen LogP contribution in [-0.4, -0.2) is 43.2 Å². The highest BCUT2D eigenvalue weighted by Gasteiger charge is 2.17. The first-order chi connectivity index (χ1) is 14.2. The molecule has 0 fully saturated rings. The topological polar surface area (TPSA) is 92.7 Å². The summed E-state index contributed by atoms with van der Waals surface area (Å²) in [5.41, 5.74) is 1.60. The van der Waals surface area contributed by atoms with Crippen molar-refractivity contribution in [2.45, 2.75) is 13.0 Å². The number of carbonyl (C=O) groups excluding carboxylic acids is 2. The summed E-state index contributed by atoms with van der Waals surface area (Å²) in [6, 6.07) is 8.52. The number of methoxy groups -OCH3 is 1. The summed E-state index contributed by atoms with van der Waals surface area (Å²) >= 11 is 0. The number of pyridine rings is 1. The van der Waals surface area contributed by atoms with Crippen LogP contribution >= 0.6 is 0 Å². The van der Waals surface area contributed by atoms with Gasteiger partial charge in [0.05, 0.1) is 12.7 Å². The van der Waals surface area contributed by atoms with Gasteiger partial charge in [0.1, 0.15) is 5.75 Å². The number of benzene rings is 1. The number of ether oxygens (including phenoxy) is 1. The lowest BCUT2D eigenvalue weighted by molar-refractivity contribution is 0.0948. The Hall–Kier alpha value is -3.48. The number of nitrogens with one attached hydrogen (secondary N) is 2. The van der Waals surface area contributed by atoms with Gasteiger partial charge in [-0.1, -0.05) is 12.1 Å². The third-order valence-corrected chi connectivity index (χ3v) is 4.61. The molecule has 29 heavy (non-hydrogen) atoms. The van der Waals surface area contributed by atoms with E-state index in [9.17, 15) is 9.59 Å². The van der Waals surface area contributed by atoms with Crippen molar-refractivity contribution in [1.29, 1.82) is 0 Å². The van der Waals surface area contributed by atoms with Crippen molar-refractivity contribution in [2.75, 3.05) is 20.2 Å². The van der Waals surface area contributed by atoms with Crippen molar-refractivity contribution in [3.8, 4) is 5.75 Å². The van der Waals surface area contributed by atoms with Gasteiger partial charge in [-0.25, -0.2) is 0 Å². The number of nitrogens with zero attached hydrogens (tertiary/aromatic N) is 2. The minimum Gasteiger partial charge on any atom is -0.496 e. The normalized spacial score (nSPS) is 15.4. The maximum atomic E-state index is 12.6. The Bertz CT molecular complexity index is 910. The standard InChI is InChI=1S/C22H24N4O3/c1-29-20-7-6-18(21(27)25-14-16-4-2-9-23-11-8-16)12-19(20)22(28)26-15-17-5-3-10-24-13-17/h2-7,9-10,12-13,16H,8,11,14-15H2,1H3,(H,25,27)(H,26,28). The number of hydrogen-bond donors (Lipinski definition) is 2. The summed E-state index contributed by atoms with van der Waals surface area (Å²) < 4.78 is 5.29. The maximum Gasteiger partial charge on any atom is 0.255 e. The molecule has 1 aromatic carbocycles. The molecule has 2 N–H and O–H groups in total. The predicted octanol–water partition coefficient (Wildman–Crippen LogP) is 2.40. The fraction of sp³-hybridized carbons (Fsp3) is 0.273. The lowest BCUT2D eigenvalue weighted by atomic mass is 10.0. The van der Waals surface area contributed by atoms with Gasteiger partial charge in [-0.05, 0) is 48.2 Å². The van der Waals surface area contributed by atoms with Gasteiger partial charge < -0.3 is 15.4 Å². The molecule has 1 aliphatic heterocycles. The Balaban J connectivity index is 1.65. The maximum absolute atomic E-state index is 12.6. The molecule has 150 valence electrons. The van der Waals surface area contributed by atoms with Crippen LogP contribution in [0.1, 0.15) is 32.7 Å². The molecule has 2 aromatic rings. The molecule has 1 atom stereocenters. The van der Waals surface area contributed by atoms with Crippen LogP contribution in [0, 0.1) is 5.92 Å².